The van der Waals surface area contributed by atoms with Gasteiger partial charge in [-0.2, -0.15) is 0 Å². The van der Waals surface area contributed by atoms with E-state index in [1.54, 1.807) is 0 Å². The van der Waals surface area contributed by atoms with Crippen LogP contribution in [0.1, 0.15) is 98.8 Å². The van der Waals surface area contributed by atoms with E-state index in [1.807, 2.05) is 0 Å². The second kappa shape index (κ2) is 11.0. The number of methoxy groups -OCH3 is 1. The van der Waals surface area contributed by atoms with Crippen molar-refractivity contribution in [2.45, 2.75) is 117 Å². The monoisotopic (exact) mass is 490 g/mol. The molecule has 0 bridgehead atoms. The highest BCUT2D eigenvalue weighted by Gasteiger charge is 2.63. The van der Waals surface area contributed by atoms with Crippen LogP contribution < -0.4 is 10.6 Å². The van der Waals surface area contributed by atoms with Gasteiger partial charge in [-0.15, -0.1) is 0 Å². The second-order valence-corrected chi connectivity index (χ2v) is 13.6. The first-order valence-electron chi connectivity index (χ1n) is 14.8. The maximum atomic E-state index is 11.8. The number of aliphatic hydroxyl groups is 1. The summed E-state index contributed by atoms with van der Waals surface area (Å²) in [5, 5.41) is 19.1. The normalized spacial score (nSPS) is 43.8. The molecule has 0 amide bonds. The van der Waals surface area contributed by atoms with Crippen molar-refractivity contribution in [3.8, 4) is 0 Å². The number of nitrogens with one attached hydrogen (secondary N) is 2. The highest BCUT2D eigenvalue weighted by molar-refractivity contribution is 5.69. The van der Waals surface area contributed by atoms with Crippen LogP contribution in [-0.2, 0) is 9.53 Å². The first-order valence-corrected chi connectivity index (χ1v) is 14.8. The molecule has 35 heavy (non-hydrogen) atoms. The van der Waals surface area contributed by atoms with E-state index in [-0.39, 0.29) is 17.5 Å². The molecule has 0 heterocycles. The summed E-state index contributed by atoms with van der Waals surface area (Å²) in [5.74, 6) is 3.72. The average molecular weight is 491 g/mol. The third-order valence-corrected chi connectivity index (χ3v) is 11.7. The van der Waals surface area contributed by atoms with Gasteiger partial charge in [-0.1, -0.05) is 34.6 Å². The molecular weight excluding hydrogens is 436 g/mol. The lowest BCUT2D eigenvalue weighted by Crippen LogP contribution is -2.59. The number of esters is 1. The summed E-state index contributed by atoms with van der Waals surface area (Å²) in [6.07, 6.45) is 11.2. The first kappa shape index (κ1) is 27.4. The van der Waals surface area contributed by atoms with Crippen LogP contribution in [0.15, 0.2) is 0 Å². The molecule has 0 radical (unpaired) electrons. The third kappa shape index (κ3) is 5.21. The fourth-order valence-corrected chi connectivity index (χ4v) is 9.65. The predicted octanol–water partition coefficient (Wildman–Crippen LogP) is 5.16. The quantitative estimate of drug-likeness (QED) is 0.308. The number of carbonyl (C=O) groups is 1. The molecule has 4 rings (SSSR count). The molecular formula is C30H54N2O3. The topological polar surface area (TPSA) is 70.6 Å². The summed E-state index contributed by atoms with van der Waals surface area (Å²) in [4.78, 5) is 11.8. The van der Waals surface area contributed by atoms with Crippen LogP contribution in [0, 0.1) is 46.3 Å². The Bertz CT molecular complexity index is 728. The Labute approximate surface area is 214 Å². The minimum absolute atomic E-state index is 0.00206. The molecule has 4 fully saturated rings. The van der Waals surface area contributed by atoms with E-state index < -0.39 is 0 Å². The third-order valence-electron chi connectivity index (χ3n) is 11.7. The van der Waals surface area contributed by atoms with Crippen LogP contribution in [0.4, 0.5) is 0 Å². The molecule has 0 aromatic carbocycles. The first-order chi connectivity index (χ1) is 16.6. The largest absolute Gasteiger partial charge is 0.469 e. The number of aliphatic hydroxyl groups excluding tert-OH is 1. The molecule has 0 aromatic rings. The number of hydrogen-bond donors (Lipinski definition) is 3. The molecule has 3 N–H and O–H groups in total. The van der Waals surface area contributed by atoms with E-state index in [9.17, 15) is 9.90 Å². The van der Waals surface area contributed by atoms with Gasteiger partial charge in [0.2, 0.25) is 0 Å². The molecule has 0 saturated heterocycles. The van der Waals surface area contributed by atoms with Crippen LogP contribution in [0.3, 0.4) is 0 Å². The van der Waals surface area contributed by atoms with Crippen molar-refractivity contribution in [3.63, 3.8) is 0 Å². The zero-order valence-corrected chi connectivity index (χ0v) is 23.4. The van der Waals surface area contributed by atoms with Crippen molar-refractivity contribution in [1.29, 1.82) is 0 Å². The molecule has 5 heteroatoms. The van der Waals surface area contributed by atoms with Crippen molar-refractivity contribution < 1.29 is 14.6 Å². The summed E-state index contributed by atoms with van der Waals surface area (Å²) in [6.45, 7) is 13.8. The Morgan fingerprint density at radius 3 is 2.51 bits per heavy atom. The van der Waals surface area contributed by atoms with E-state index in [1.165, 1.54) is 52.1 Å². The summed E-state index contributed by atoms with van der Waals surface area (Å²) in [5.41, 5.74) is 0.385. The Kier molecular flexibility index (Phi) is 8.60. The Hall–Kier alpha value is -0.650. The summed E-state index contributed by atoms with van der Waals surface area (Å²) >= 11 is 0. The van der Waals surface area contributed by atoms with Crippen molar-refractivity contribution in [3.05, 3.63) is 0 Å². The lowest BCUT2D eigenvalue weighted by atomic mass is 9.43. The van der Waals surface area contributed by atoms with Crippen LogP contribution in [-0.4, -0.2) is 49.5 Å². The maximum Gasteiger partial charge on any atom is 0.305 e. The molecule has 4 unspecified atom stereocenters. The second-order valence-electron chi connectivity index (χ2n) is 13.6. The molecule has 10 atom stereocenters. The molecule has 4 aliphatic rings. The van der Waals surface area contributed by atoms with E-state index >= 15 is 0 Å². The Balaban J connectivity index is 1.40. The summed E-state index contributed by atoms with van der Waals surface area (Å²) in [7, 11) is 1.48. The van der Waals surface area contributed by atoms with E-state index in [2.05, 4.69) is 45.3 Å². The fourth-order valence-electron chi connectivity index (χ4n) is 9.65. The predicted molar refractivity (Wildman–Crippen MR) is 142 cm³/mol. The molecule has 202 valence electrons. The van der Waals surface area contributed by atoms with Gasteiger partial charge in [0, 0.05) is 31.6 Å². The SMILES string of the molecule is COC(=O)CC[C@@H](C)C1CCC2C3CC[C@@H]4C[C@@H](NCCNC(C)C)CC[C@]4(C)C3C[C@H](O)[C@@]21C. The Morgan fingerprint density at radius 1 is 1.03 bits per heavy atom. The maximum absolute atomic E-state index is 11.8. The summed E-state index contributed by atoms with van der Waals surface area (Å²) in [6, 6.07) is 1.21. The molecule has 4 saturated carbocycles. The van der Waals surface area contributed by atoms with Gasteiger partial charge >= 0.3 is 5.97 Å². The van der Waals surface area contributed by atoms with Gasteiger partial charge in [0.05, 0.1) is 13.2 Å². The van der Waals surface area contributed by atoms with Gasteiger partial charge in [-0.25, -0.2) is 0 Å². The van der Waals surface area contributed by atoms with Crippen LogP contribution >= 0.6 is 0 Å². The molecule has 0 spiro atoms. The Morgan fingerprint density at radius 2 is 1.80 bits per heavy atom. The number of rotatable bonds is 9. The summed E-state index contributed by atoms with van der Waals surface area (Å²) < 4.78 is 4.90. The van der Waals surface area contributed by atoms with Crippen molar-refractivity contribution in [1.82, 2.24) is 10.6 Å². The minimum Gasteiger partial charge on any atom is -0.469 e. The van der Waals surface area contributed by atoms with Crippen LogP contribution in [0.2, 0.25) is 0 Å². The lowest BCUT2D eigenvalue weighted by molar-refractivity contribution is -0.170. The van der Waals surface area contributed by atoms with Gasteiger partial charge < -0.3 is 20.5 Å². The van der Waals surface area contributed by atoms with Crippen molar-refractivity contribution in [2.75, 3.05) is 20.2 Å². The highest BCUT2D eigenvalue weighted by atomic mass is 16.5. The average Bonchev–Trinajstić information content (AvgIpc) is 3.19. The zero-order chi connectivity index (χ0) is 25.4. The smallest absolute Gasteiger partial charge is 0.305 e. The van der Waals surface area contributed by atoms with Gasteiger partial charge in [-0.3, -0.25) is 4.79 Å². The van der Waals surface area contributed by atoms with Gasteiger partial charge in [0.1, 0.15) is 0 Å². The van der Waals surface area contributed by atoms with Crippen molar-refractivity contribution >= 4 is 5.97 Å². The van der Waals surface area contributed by atoms with Crippen LogP contribution in [0.5, 0.6) is 0 Å². The van der Waals surface area contributed by atoms with Gasteiger partial charge in [0.25, 0.3) is 0 Å². The standard InChI is InChI=1S/C30H54N2O3/c1-19(2)31-15-16-32-22-13-14-29(4)21(17-22)8-9-23-25-11-10-24(20(3)7-12-28(34)35-6)30(25,5)27(33)18-26(23)29/h19-27,31-33H,7-18H2,1-6H3/t20-,21-,22+,23?,24?,25?,26?,27+,29+,30-/m1/s1. The van der Waals surface area contributed by atoms with Gasteiger partial charge in [-0.05, 0) is 104 Å². The molecule has 5 nitrogen and oxygen atoms in total. The van der Waals surface area contributed by atoms with Crippen LogP contribution in [0.25, 0.3) is 0 Å². The highest BCUT2D eigenvalue weighted by Crippen LogP contribution is 2.68. The number of fused-ring (bicyclic) bond motifs is 5. The lowest BCUT2D eigenvalue weighted by Gasteiger charge is -2.62. The van der Waals surface area contributed by atoms with E-state index in [0.29, 0.717) is 47.6 Å². The molecule has 0 aromatic heterocycles. The fraction of sp³-hybridized carbons (Fsp3) is 0.967. The number of carbonyl (C=O) groups excluding carboxylic acids is 1. The zero-order valence-electron chi connectivity index (χ0n) is 23.4. The molecule has 0 aliphatic heterocycles. The van der Waals surface area contributed by atoms with Gasteiger partial charge in [0.15, 0.2) is 0 Å². The minimum atomic E-state index is -0.213. The molecule has 4 aliphatic carbocycles. The van der Waals surface area contributed by atoms with E-state index in [4.69, 9.17) is 4.74 Å². The van der Waals surface area contributed by atoms with E-state index in [0.717, 1.165) is 37.8 Å². The number of hydrogen-bond acceptors (Lipinski definition) is 5. The van der Waals surface area contributed by atoms with Crippen molar-refractivity contribution in [2.24, 2.45) is 46.3 Å². The number of ether oxygens (including phenoxy) is 1.